The number of hydrazine groups is 1. The van der Waals surface area contributed by atoms with Crippen molar-refractivity contribution in [3.63, 3.8) is 0 Å². The van der Waals surface area contributed by atoms with Crippen LogP contribution in [0, 0.1) is 6.92 Å². The first-order chi connectivity index (χ1) is 10.1. The van der Waals surface area contributed by atoms with Crippen LogP contribution in [-0.4, -0.2) is 21.6 Å². The van der Waals surface area contributed by atoms with Crippen LogP contribution in [0.15, 0.2) is 22.7 Å². The number of nitrogens with two attached hydrogens (primary N) is 1. The van der Waals surface area contributed by atoms with Crippen molar-refractivity contribution in [3.05, 3.63) is 28.2 Å². The second kappa shape index (κ2) is 7.19. The third-order valence-electron chi connectivity index (χ3n) is 2.48. The molecule has 8 heteroatoms. The molecular formula is C13H17BrN6O. The van der Waals surface area contributed by atoms with E-state index in [2.05, 4.69) is 41.6 Å². The van der Waals surface area contributed by atoms with Crippen LogP contribution in [0.4, 0.5) is 17.6 Å². The normalized spacial score (nSPS) is 10.3. The van der Waals surface area contributed by atoms with Gasteiger partial charge in [-0.25, -0.2) is 5.84 Å². The smallest absolute Gasteiger partial charge is 0.323 e. The van der Waals surface area contributed by atoms with Crippen molar-refractivity contribution in [2.24, 2.45) is 5.84 Å². The molecule has 2 aromatic rings. The molecule has 0 aliphatic carbocycles. The number of aryl methyl sites for hydroxylation is 1. The van der Waals surface area contributed by atoms with Gasteiger partial charge in [0.05, 0.1) is 6.61 Å². The number of aromatic nitrogens is 3. The number of halogens is 1. The first kappa shape index (κ1) is 15.5. The third kappa shape index (κ3) is 4.54. The lowest BCUT2D eigenvalue weighted by molar-refractivity contribution is 0.292. The third-order valence-corrected chi connectivity index (χ3v) is 2.94. The fraction of sp³-hybridized carbons (Fsp3) is 0.308. The van der Waals surface area contributed by atoms with Gasteiger partial charge in [0, 0.05) is 10.2 Å². The summed E-state index contributed by atoms with van der Waals surface area (Å²) in [6.45, 7) is 4.54. The number of hydrogen-bond acceptors (Lipinski definition) is 7. The molecule has 0 unspecified atom stereocenters. The van der Waals surface area contributed by atoms with Crippen LogP contribution in [0.3, 0.4) is 0 Å². The SMILES string of the molecule is CCCOc1nc(NN)nc(Nc2cc(C)cc(Br)c2)n1. The molecular weight excluding hydrogens is 336 g/mol. The molecule has 4 N–H and O–H groups in total. The number of rotatable bonds is 6. The minimum absolute atomic E-state index is 0.231. The number of ether oxygens (including phenoxy) is 1. The predicted molar refractivity (Wildman–Crippen MR) is 85.6 cm³/mol. The van der Waals surface area contributed by atoms with Gasteiger partial charge in [-0.2, -0.15) is 15.0 Å². The molecule has 0 aliphatic rings. The molecule has 0 spiro atoms. The Morgan fingerprint density at radius 1 is 1.19 bits per heavy atom. The van der Waals surface area contributed by atoms with E-state index >= 15 is 0 Å². The first-order valence-corrected chi connectivity index (χ1v) is 7.29. The summed E-state index contributed by atoms with van der Waals surface area (Å²) in [6.07, 6.45) is 0.866. The summed E-state index contributed by atoms with van der Waals surface area (Å²) in [6, 6.07) is 6.16. The highest BCUT2D eigenvalue weighted by atomic mass is 79.9. The van der Waals surface area contributed by atoms with E-state index in [1.54, 1.807) is 0 Å². The average molecular weight is 353 g/mol. The highest BCUT2D eigenvalue weighted by Gasteiger charge is 2.07. The lowest BCUT2D eigenvalue weighted by Gasteiger charge is -2.09. The molecule has 0 bridgehead atoms. The summed E-state index contributed by atoms with van der Waals surface area (Å²) in [5.74, 6) is 5.97. The van der Waals surface area contributed by atoms with E-state index in [1.807, 2.05) is 32.0 Å². The van der Waals surface area contributed by atoms with E-state index in [0.29, 0.717) is 12.6 Å². The van der Waals surface area contributed by atoms with E-state index in [-0.39, 0.29) is 12.0 Å². The van der Waals surface area contributed by atoms with Crippen molar-refractivity contribution in [3.8, 4) is 6.01 Å². The number of nitrogen functional groups attached to an aromatic ring is 1. The molecule has 0 fully saturated rings. The molecule has 0 aliphatic heterocycles. The Hall–Kier alpha value is -1.93. The van der Waals surface area contributed by atoms with Crippen LogP contribution < -0.4 is 21.3 Å². The molecule has 0 radical (unpaired) electrons. The molecule has 0 saturated heterocycles. The van der Waals surface area contributed by atoms with E-state index < -0.39 is 0 Å². The molecule has 1 aromatic heterocycles. The van der Waals surface area contributed by atoms with Gasteiger partial charge >= 0.3 is 6.01 Å². The van der Waals surface area contributed by atoms with Gasteiger partial charge in [0.15, 0.2) is 0 Å². The molecule has 2 rings (SSSR count). The van der Waals surface area contributed by atoms with Crippen molar-refractivity contribution in [2.75, 3.05) is 17.3 Å². The van der Waals surface area contributed by atoms with Gasteiger partial charge < -0.3 is 10.1 Å². The minimum Gasteiger partial charge on any atom is -0.463 e. The van der Waals surface area contributed by atoms with Crippen LogP contribution in [0.25, 0.3) is 0 Å². The number of nitrogens with one attached hydrogen (secondary N) is 2. The number of anilines is 3. The van der Waals surface area contributed by atoms with Crippen molar-refractivity contribution < 1.29 is 4.74 Å². The maximum atomic E-state index is 5.42. The van der Waals surface area contributed by atoms with Gasteiger partial charge in [-0.3, -0.25) is 5.43 Å². The summed E-state index contributed by atoms with van der Waals surface area (Å²) >= 11 is 3.45. The van der Waals surface area contributed by atoms with Crippen LogP contribution in [0.1, 0.15) is 18.9 Å². The molecule has 21 heavy (non-hydrogen) atoms. The van der Waals surface area contributed by atoms with E-state index in [0.717, 1.165) is 22.1 Å². The zero-order valence-electron chi connectivity index (χ0n) is 11.9. The molecule has 0 amide bonds. The molecule has 112 valence electrons. The van der Waals surface area contributed by atoms with Gasteiger partial charge in [0.25, 0.3) is 0 Å². The average Bonchev–Trinajstić information content (AvgIpc) is 2.43. The molecule has 0 saturated carbocycles. The quantitative estimate of drug-likeness (QED) is 0.543. The summed E-state index contributed by atoms with van der Waals surface area (Å²) in [4.78, 5) is 12.4. The van der Waals surface area contributed by atoms with Gasteiger partial charge in [-0.1, -0.05) is 22.9 Å². The summed E-state index contributed by atoms with van der Waals surface area (Å²) in [5.41, 5.74) is 4.37. The maximum absolute atomic E-state index is 5.42. The predicted octanol–water partition coefficient (Wildman–Crippen LogP) is 2.76. The van der Waals surface area contributed by atoms with Crippen LogP contribution in [-0.2, 0) is 0 Å². The van der Waals surface area contributed by atoms with Crippen LogP contribution >= 0.6 is 15.9 Å². The number of nitrogens with zero attached hydrogens (tertiary/aromatic N) is 3. The van der Waals surface area contributed by atoms with Crippen molar-refractivity contribution in [1.82, 2.24) is 15.0 Å². The zero-order valence-corrected chi connectivity index (χ0v) is 13.4. The highest BCUT2D eigenvalue weighted by Crippen LogP contribution is 2.22. The fourth-order valence-electron chi connectivity index (χ4n) is 1.67. The lowest BCUT2D eigenvalue weighted by atomic mass is 10.2. The Labute approximate surface area is 131 Å². The largest absolute Gasteiger partial charge is 0.463 e. The Bertz CT molecular complexity index is 601. The lowest BCUT2D eigenvalue weighted by Crippen LogP contribution is -2.13. The van der Waals surface area contributed by atoms with Crippen LogP contribution in [0.2, 0.25) is 0 Å². The Kier molecular flexibility index (Phi) is 5.29. The second-order valence-corrected chi connectivity index (χ2v) is 5.32. The van der Waals surface area contributed by atoms with Crippen LogP contribution in [0.5, 0.6) is 6.01 Å². The Morgan fingerprint density at radius 2 is 1.95 bits per heavy atom. The van der Waals surface area contributed by atoms with Crippen molar-refractivity contribution in [1.29, 1.82) is 0 Å². The summed E-state index contributed by atoms with van der Waals surface area (Å²) in [5, 5.41) is 3.11. The molecule has 7 nitrogen and oxygen atoms in total. The minimum atomic E-state index is 0.231. The monoisotopic (exact) mass is 352 g/mol. The van der Waals surface area contributed by atoms with Gasteiger partial charge in [0.2, 0.25) is 11.9 Å². The number of hydrogen-bond donors (Lipinski definition) is 3. The van der Waals surface area contributed by atoms with E-state index in [9.17, 15) is 0 Å². The first-order valence-electron chi connectivity index (χ1n) is 6.50. The second-order valence-electron chi connectivity index (χ2n) is 4.40. The van der Waals surface area contributed by atoms with Gasteiger partial charge in [-0.05, 0) is 37.1 Å². The van der Waals surface area contributed by atoms with E-state index in [4.69, 9.17) is 10.6 Å². The zero-order chi connectivity index (χ0) is 15.2. The summed E-state index contributed by atoms with van der Waals surface area (Å²) < 4.78 is 6.39. The molecule has 1 heterocycles. The Balaban J connectivity index is 2.25. The van der Waals surface area contributed by atoms with Gasteiger partial charge in [0.1, 0.15) is 0 Å². The maximum Gasteiger partial charge on any atom is 0.323 e. The summed E-state index contributed by atoms with van der Waals surface area (Å²) in [7, 11) is 0. The van der Waals surface area contributed by atoms with Gasteiger partial charge in [-0.15, -0.1) is 0 Å². The molecule has 1 aromatic carbocycles. The van der Waals surface area contributed by atoms with Crippen molar-refractivity contribution in [2.45, 2.75) is 20.3 Å². The Morgan fingerprint density at radius 3 is 2.62 bits per heavy atom. The standard InChI is InChI=1S/C13H17BrN6O/c1-3-4-21-13-18-11(17-12(19-13)20-15)16-10-6-8(2)5-9(14)7-10/h5-7H,3-4,15H2,1-2H3,(H2,16,17,18,19,20). The molecule has 0 atom stereocenters. The fourth-order valence-corrected chi connectivity index (χ4v) is 2.28. The highest BCUT2D eigenvalue weighted by molar-refractivity contribution is 9.10. The van der Waals surface area contributed by atoms with Crippen molar-refractivity contribution >= 4 is 33.5 Å². The number of benzene rings is 1. The van der Waals surface area contributed by atoms with E-state index in [1.165, 1.54) is 0 Å². The topological polar surface area (TPSA) is 98.0 Å².